The summed E-state index contributed by atoms with van der Waals surface area (Å²) in [5.74, 6) is 1.48. The molecule has 2 aromatic carbocycles. The molecule has 1 heterocycles. The molecular formula is C21H23IN4OS. The number of carbonyl (C=O) groups is 1. The average molecular weight is 506 g/mol. The topological polar surface area (TPSA) is 59.8 Å². The van der Waals surface area contributed by atoms with Crippen LogP contribution in [0.2, 0.25) is 0 Å². The highest BCUT2D eigenvalue weighted by Crippen LogP contribution is 2.26. The monoisotopic (exact) mass is 506 g/mol. The minimum atomic E-state index is -0.0410. The Balaban J connectivity index is 1.61. The van der Waals surface area contributed by atoms with Gasteiger partial charge >= 0.3 is 0 Å². The van der Waals surface area contributed by atoms with Crippen LogP contribution in [0.3, 0.4) is 0 Å². The summed E-state index contributed by atoms with van der Waals surface area (Å²) in [6.45, 7) is 4.26. The molecule has 146 valence electrons. The van der Waals surface area contributed by atoms with Gasteiger partial charge < -0.3 is 9.88 Å². The number of thioether (sulfide) groups is 1. The summed E-state index contributed by atoms with van der Waals surface area (Å²) < 4.78 is 3.12. The average Bonchev–Trinajstić information content (AvgIpc) is 3.02. The first-order chi connectivity index (χ1) is 13.4. The van der Waals surface area contributed by atoms with Crippen LogP contribution in [-0.2, 0) is 18.3 Å². The zero-order valence-corrected chi connectivity index (χ0v) is 19.1. The van der Waals surface area contributed by atoms with Crippen LogP contribution in [-0.4, -0.2) is 26.4 Å². The van der Waals surface area contributed by atoms with Crippen molar-refractivity contribution in [3.05, 3.63) is 69.1 Å². The van der Waals surface area contributed by atoms with Gasteiger partial charge in [0.2, 0.25) is 5.91 Å². The van der Waals surface area contributed by atoms with Gasteiger partial charge in [-0.25, -0.2) is 0 Å². The quantitative estimate of drug-likeness (QED) is 0.367. The number of carbonyl (C=O) groups excluding carboxylic acids is 1. The lowest BCUT2D eigenvalue weighted by molar-refractivity contribution is -0.113. The number of nitrogens with zero attached hydrogens (tertiary/aromatic N) is 3. The van der Waals surface area contributed by atoms with Crippen LogP contribution in [0.4, 0.5) is 5.69 Å². The summed E-state index contributed by atoms with van der Waals surface area (Å²) >= 11 is 3.69. The Bertz CT molecular complexity index is 956. The van der Waals surface area contributed by atoms with E-state index in [1.54, 1.807) is 0 Å². The van der Waals surface area contributed by atoms with Crippen molar-refractivity contribution in [3.63, 3.8) is 0 Å². The molecule has 1 aromatic heterocycles. The van der Waals surface area contributed by atoms with Crippen molar-refractivity contribution in [1.29, 1.82) is 0 Å². The zero-order valence-electron chi connectivity index (χ0n) is 16.1. The molecule has 0 radical (unpaired) electrons. The Morgan fingerprint density at radius 1 is 1.18 bits per heavy atom. The fraction of sp³-hybridized carbons (Fsp3) is 0.286. The van der Waals surface area contributed by atoms with Gasteiger partial charge in [0.05, 0.1) is 5.75 Å². The molecule has 3 aromatic rings. The fourth-order valence-electron chi connectivity index (χ4n) is 2.84. The number of hydrogen-bond donors (Lipinski definition) is 1. The number of rotatable bonds is 7. The molecule has 28 heavy (non-hydrogen) atoms. The second-order valence-electron chi connectivity index (χ2n) is 6.84. The molecule has 0 fully saturated rings. The lowest BCUT2D eigenvalue weighted by atomic mass is 10.0. The van der Waals surface area contributed by atoms with E-state index in [4.69, 9.17) is 0 Å². The molecule has 0 saturated carbocycles. The Morgan fingerprint density at radius 2 is 1.93 bits per heavy atom. The molecular weight excluding hydrogens is 483 g/mol. The van der Waals surface area contributed by atoms with Crippen molar-refractivity contribution >= 4 is 45.9 Å². The van der Waals surface area contributed by atoms with Crippen LogP contribution in [0.15, 0.2) is 53.7 Å². The molecule has 0 aliphatic carbocycles. The van der Waals surface area contributed by atoms with Crippen LogP contribution >= 0.6 is 34.4 Å². The van der Waals surface area contributed by atoms with E-state index in [9.17, 15) is 4.79 Å². The van der Waals surface area contributed by atoms with Crippen LogP contribution < -0.4 is 5.32 Å². The maximum Gasteiger partial charge on any atom is 0.234 e. The maximum atomic E-state index is 12.5. The Labute approximate surface area is 183 Å². The Morgan fingerprint density at radius 3 is 2.64 bits per heavy atom. The summed E-state index contributed by atoms with van der Waals surface area (Å²) in [6.07, 6.45) is 0.720. The minimum Gasteiger partial charge on any atom is -0.325 e. The molecule has 0 bridgehead atoms. The highest BCUT2D eigenvalue weighted by Gasteiger charge is 2.14. The molecule has 1 N–H and O–H groups in total. The molecule has 3 rings (SSSR count). The maximum absolute atomic E-state index is 12.5. The largest absolute Gasteiger partial charge is 0.325 e. The van der Waals surface area contributed by atoms with Gasteiger partial charge in [0.15, 0.2) is 5.16 Å². The molecule has 5 nitrogen and oxygen atoms in total. The smallest absolute Gasteiger partial charge is 0.234 e. The standard InChI is InChI=1S/C21H23IN4OS/c1-14(2)17-12-16(22)9-10-18(17)23-20(27)13-28-21-25-24-19(26(21)3)11-15-7-5-4-6-8-15/h4-10,12,14H,11,13H2,1-3H3,(H,23,27). The van der Waals surface area contributed by atoms with Crippen molar-refractivity contribution in [2.45, 2.75) is 31.3 Å². The normalized spacial score (nSPS) is 11.0. The van der Waals surface area contributed by atoms with E-state index in [0.29, 0.717) is 11.7 Å². The van der Waals surface area contributed by atoms with Crippen LogP contribution in [0, 0.1) is 3.57 Å². The second kappa shape index (κ2) is 9.56. The third-order valence-corrected chi connectivity index (χ3v) is 6.06. The van der Waals surface area contributed by atoms with E-state index in [1.807, 2.05) is 41.9 Å². The second-order valence-corrected chi connectivity index (χ2v) is 9.03. The summed E-state index contributed by atoms with van der Waals surface area (Å²) in [6, 6.07) is 16.3. The molecule has 0 aliphatic rings. The first kappa shape index (κ1) is 20.9. The van der Waals surface area contributed by atoms with Gasteiger partial charge in [-0.2, -0.15) is 0 Å². The van der Waals surface area contributed by atoms with Crippen LogP contribution in [0.5, 0.6) is 0 Å². The first-order valence-corrected chi connectivity index (χ1v) is 11.1. The van der Waals surface area contributed by atoms with Gasteiger partial charge in [0.25, 0.3) is 0 Å². The summed E-state index contributed by atoms with van der Waals surface area (Å²) in [7, 11) is 1.94. The van der Waals surface area contributed by atoms with Gasteiger partial charge in [-0.1, -0.05) is 55.9 Å². The third kappa shape index (κ3) is 5.35. The van der Waals surface area contributed by atoms with E-state index >= 15 is 0 Å². The number of amides is 1. The van der Waals surface area contributed by atoms with E-state index in [-0.39, 0.29) is 5.91 Å². The molecule has 0 spiro atoms. The first-order valence-electron chi connectivity index (χ1n) is 9.08. The van der Waals surface area contributed by atoms with Crippen LogP contribution in [0.25, 0.3) is 0 Å². The number of nitrogens with one attached hydrogen (secondary N) is 1. The number of benzene rings is 2. The molecule has 0 atom stereocenters. The predicted molar refractivity (Wildman–Crippen MR) is 123 cm³/mol. The molecule has 7 heteroatoms. The molecule has 0 saturated heterocycles. The predicted octanol–water partition coefficient (Wildman–Crippen LogP) is 4.86. The Hall–Kier alpha value is -1.87. The zero-order chi connectivity index (χ0) is 20.1. The van der Waals surface area contributed by atoms with Crippen molar-refractivity contribution in [1.82, 2.24) is 14.8 Å². The third-order valence-electron chi connectivity index (χ3n) is 4.37. The van der Waals surface area contributed by atoms with Gasteiger partial charge in [-0.3, -0.25) is 4.79 Å². The Kier molecular flexibility index (Phi) is 7.12. The van der Waals surface area contributed by atoms with E-state index < -0.39 is 0 Å². The molecule has 1 amide bonds. The minimum absolute atomic E-state index is 0.0410. The number of aromatic nitrogens is 3. The number of anilines is 1. The van der Waals surface area contributed by atoms with Crippen LogP contribution in [0.1, 0.15) is 36.7 Å². The van der Waals surface area contributed by atoms with Gasteiger partial charge in [0.1, 0.15) is 5.82 Å². The van der Waals surface area contributed by atoms with E-state index in [0.717, 1.165) is 28.7 Å². The van der Waals surface area contributed by atoms with Gasteiger partial charge in [-0.05, 0) is 57.8 Å². The van der Waals surface area contributed by atoms with Crippen molar-refractivity contribution < 1.29 is 4.79 Å². The fourth-order valence-corrected chi connectivity index (χ4v) is 4.09. The van der Waals surface area contributed by atoms with Gasteiger partial charge in [-0.15, -0.1) is 10.2 Å². The van der Waals surface area contributed by atoms with Crippen molar-refractivity contribution in [3.8, 4) is 0 Å². The van der Waals surface area contributed by atoms with E-state index in [2.05, 4.69) is 70.2 Å². The number of hydrogen-bond acceptors (Lipinski definition) is 4. The van der Waals surface area contributed by atoms with E-state index in [1.165, 1.54) is 20.9 Å². The SMILES string of the molecule is CC(C)c1cc(I)ccc1NC(=O)CSc1nnc(Cc2ccccc2)n1C. The molecule has 0 aliphatic heterocycles. The summed E-state index contributed by atoms with van der Waals surface area (Å²) in [4.78, 5) is 12.5. The lowest BCUT2D eigenvalue weighted by Gasteiger charge is -2.14. The summed E-state index contributed by atoms with van der Waals surface area (Å²) in [5, 5.41) is 12.3. The summed E-state index contributed by atoms with van der Waals surface area (Å²) in [5.41, 5.74) is 3.21. The highest BCUT2D eigenvalue weighted by molar-refractivity contribution is 14.1. The van der Waals surface area contributed by atoms with Crippen molar-refractivity contribution in [2.75, 3.05) is 11.1 Å². The number of halogens is 1. The van der Waals surface area contributed by atoms with Crippen molar-refractivity contribution in [2.24, 2.45) is 7.05 Å². The lowest BCUT2D eigenvalue weighted by Crippen LogP contribution is -2.16. The molecule has 0 unspecified atom stereocenters. The highest BCUT2D eigenvalue weighted by atomic mass is 127. The van der Waals surface area contributed by atoms with Gasteiger partial charge in [0, 0.05) is 22.7 Å².